The molecule has 1 saturated heterocycles. The Morgan fingerprint density at radius 1 is 1.07 bits per heavy atom. The second kappa shape index (κ2) is 7.21. The van der Waals surface area contributed by atoms with Crippen LogP contribution in [0, 0.1) is 17.2 Å². The molecule has 0 amide bonds. The van der Waals surface area contributed by atoms with Crippen LogP contribution in [0.25, 0.3) is 10.9 Å². The molecule has 7 heteroatoms. The lowest BCUT2D eigenvalue weighted by Crippen LogP contribution is -2.47. The average molecular weight is 386 g/mol. The van der Waals surface area contributed by atoms with E-state index in [1.807, 2.05) is 18.2 Å². The normalized spacial score (nSPS) is 16.8. The molecule has 2 aromatic heterocycles. The zero-order valence-electron chi connectivity index (χ0n) is 16.2. The van der Waals surface area contributed by atoms with Gasteiger partial charge in [0.1, 0.15) is 11.9 Å². The molecular weight excluding hydrogens is 364 g/mol. The summed E-state index contributed by atoms with van der Waals surface area (Å²) < 4.78 is 1.75. The first-order valence-corrected chi connectivity index (χ1v) is 10.1. The Morgan fingerprint density at radius 2 is 1.86 bits per heavy atom. The number of fused-ring (bicyclic) bond motifs is 1. The number of piperazine rings is 1. The fraction of sp³-hybridized carbons (Fsp3) is 0.364. The van der Waals surface area contributed by atoms with Crippen LogP contribution >= 0.6 is 0 Å². The SMILES string of the molecule is N#Cc1cccnc1N1CCN(c2ccc3c(=O)n(CC4CC4)cnc3c2)CC1. The maximum Gasteiger partial charge on any atom is 0.261 e. The van der Waals surface area contributed by atoms with Crippen LogP contribution in [0.15, 0.2) is 47.7 Å². The molecule has 2 fully saturated rings. The number of nitriles is 1. The minimum atomic E-state index is 0.0532. The fourth-order valence-electron chi connectivity index (χ4n) is 3.96. The molecule has 146 valence electrons. The first kappa shape index (κ1) is 17.7. The second-order valence-electron chi connectivity index (χ2n) is 7.81. The van der Waals surface area contributed by atoms with E-state index in [1.54, 1.807) is 29.2 Å². The van der Waals surface area contributed by atoms with Crippen LogP contribution in [0.5, 0.6) is 0 Å². The molecule has 1 aliphatic heterocycles. The van der Waals surface area contributed by atoms with Crippen molar-refractivity contribution in [3.05, 3.63) is 58.8 Å². The standard InChI is InChI=1S/C22H22N6O/c23-13-17-2-1-7-24-21(17)27-10-8-26(9-11-27)18-5-6-19-20(12-18)25-15-28(22(19)29)14-16-3-4-16/h1-2,5-7,12,15-16H,3-4,8-11,14H2. The Morgan fingerprint density at radius 3 is 2.62 bits per heavy atom. The van der Waals surface area contributed by atoms with Crippen molar-refractivity contribution >= 4 is 22.4 Å². The molecule has 0 N–H and O–H groups in total. The van der Waals surface area contributed by atoms with Crippen LogP contribution in [0.3, 0.4) is 0 Å². The molecule has 3 heterocycles. The van der Waals surface area contributed by atoms with E-state index in [-0.39, 0.29) is 5.56 Å². The van der Waals surface area contributed by atoms with Crippen LogP contribution in [0.1, 0.15) is 18.4 Å². The van der Waals surface area contributed by atoms with E-state index in [4.69, 9.17) is 0 Å². The summed E-state index contributed by atoms with van der Waals surface area (Å²) in [6, 6.07) is 11.8. The van der Waals surface area contributed by atoms with Gasteiger partial charge < -0.3 is 9.80 Å². The first-order valence-electron chi connectivity index (χ1n) is 10.1. The lowest BCUT2D eigenvalue weighted by atomic mass is 10.1. The second-order valence-corrected chi connectivity index (χ2v) is 7.81. The molecule has 1 aliphatic carbocycles. The number of hydrogen-bond acceptors (Lipinski definition) is 6. The minimum Gasteiger partial charge on any atom is -0.368 e. The van der Waals surface area contributed by atoms with Crippen molar-refractivity contribution < 1.29 is 0 Å². The zero-order valence-corrected chi connectivity index (χ0v) is 16.2. The molecule has 0 radical (unpaired) electrons. The quantitative estimate of drug-likeness (QED) is 0.685. The molecule has 0 unspecified atom stereocenters. The van der Waals surface area contributed by atoms with Crippen molar-refractivity contribution in [2.45, 2.75) is 19.4 Å². The lowest BCUT2D eigenvalue weighted by Gasteiger charge is -2.37. The fourth-order valence-corrected chi connectivity index (χ4v) is 3.96. The predicted octanol–water partition coefficient (Wildman–Crippen LogP) is 2.40. The van der Waals surface area contributed by atoms with Gasteiger partial charge in [0.2, 0.25) is 0 Å². The van der Waals surface area contributed by atoms with Gasteiger partial charge in [0.15, 0.2) is 0 Å². The number of anilines is 2. The maximum atomic E-state index is 12.7. The molecule has 0 bridgehead atoms. The Kier molecular flexibility index (Phi) is 4.39. The number of rotatable bonds is 4. The van der Waals surface area contributed by atoms with Gasteiger partial charge in [0.25, 0.3) is 5.56 Å². The van der Waals surface area contributed by atoms with E-state index >= 15 is 0 Å². The smallest absolute Gasteiger partial charge is 0.261 e. The van der Waals surface area contributed by atoms with Gasteiger partial charge in [0, 0.05) is 44.6 Å². The molecule has 5 rings (SSSR count). The Balaban J connectivity index is 1.34. The van der Waals surface area contributed by atoms with Crippen molar-refractivity contribution in [1.82, 2.24) is 14.5 Å². The van der Waals surface area contributed by atoms with Gasteiger partial charge in [0.05, 0.1) is 22.8 Å². The highest BCUT2D eigenvalue weighted by atomic mass is 16.1. The highest BCUT2D eigenvalue weighted by molar-refractivity contribution is 5.81. The first-order chi connectivity index (χ1) is 14.2. The van der Waals surface area contributed by atoms with Crippen molar-refractivity contribution in [3.63, 3.8) is 0 Å². The van der Waals surface area contributed by atoms with Gasteiger partial charge >= 0.3 is 0 Å². The summed E-state index contributed by atoms with van der Waals surface area (Å²) in [5.74, 6) is 1.40. The van der Waals surface area contributed by atoms with Crippen LogP contribution in [0.2, 0.25) is 0 Å². The van der Waals surface area contributed by atoms with Crippen molar-refractivity contribution in [2.24, 2.45) is 5.92 Å². The highest BCUT2D eigenvalue weighted by Crippen LogP contribution is 2.30. The molecular formula is C22H22N6O. The molecule has 0 atom stereocenters. The van der Waals surface area contributed by atoms with Crippen molar-refractivity contribution in [2.75, 3.05) is 36.0 Å². The largest absolute Gasteiger partial charge is 0.368 e. The zero-order chi connectivity index (χ0) is 19.8. The van der Waals surface area contributed by atoms with Crippen LogP contribution in [-0.2, 0) is 6.54 Å². The number of benzene rings is 1. The molecule has 0 spiro atoms. The van der Waals surface area contributed by atoms with Gasteiger partial charge in [-0.15, -0.1) is 0 Å². The van der Waals surface area contributed by atoms with Gasteiger partial charge in [-0.05, 0) is 49.1 Å². The number of pyridine rings is 1. The van der Waals surface area contributed by atoms with Crippen LogP contribution in [-0.4, -0.2) is 40.7 Å². The van der Waals surface area contributed by atoms with E-state index in [0.29, 0.717) is 16.9 Å². The van der Waals surface area contributed by atoms with Gasteiger partial charge in [-0.3, -0.25) is 9.36 Å². The van der Waals surface area contributed by atoms with Gasteiger partial charge in [-0.1, -0.05) is 0 Å². The summed E-state index contributed by atoms with van der Waals surface area (Å²) in [4.78, 5) is 26.1. The molecule has 1 aromatic carbocycles. The summed E-state index contributed by atoms with van der Waals surface area (Å²) in [5.41, 5.74) is 2.49. The minimum absolute atomic E-state index is 0.0532. The highest BCUT2D eigenvalue weighted by Gasteiger charge is 2.23. The summed E-state index contributed by atoms with van der Waals surface area (Å²) in [6.45, 7) is 4.02. The van der Waals surface area contributed by atoms with E-state index in [2.05, 4.69) is 25.8 Å². The number of hydrogen-bond donors (Lipinski definition) is 0. The Hall–Kier alpha value is -3.40. The molecule has 7 nitrogen and oxygen atoms in total. The third-order valence-corrected chi connectivity index (χ3v) is 5.81. The third kappa shape index (κ3) is 3.42. The van der Waals surface area contributed by atoms with E-state index < -0.39 is 0 Å². The predicted molar refractivity (Wildman–Crippen MR) is 112 cm³/mol. The monoisotopic (exact) mass is 386 g/mol. The van der Waals surface area contributed by atoms with Gasteiger partial charge in [-0.2, -0.15) is 5.26 Å². The summed E-state index contributed by atoms with van der Waals surface area (Å²) >= 11 is 0. The number of aromatic nitrogens is 3. The molecule has 29 heavy (non-hydrogen) atoms. The van der Waals surface area contributed by atoms with Gasteiger partial charge in [-0.25, -0.2) is 9.97 Å². The van der Waals surface area contributed by atoms with Crippen molar-refractivity contribution in [3.8, 4) is 6.07 Å². The molecule has 1 saturated carbocycles. The summed E-state index contributed by atoms with van der Waals surface area (Å²) in [7, 11) is 0. The van der Waals surface area contributed by atoms with Crippen LogP contribution < -0.4 is 15.4 Å². The summed E-state index contributed by atoms with van der Waals surface area (Å²) in [6.07, 6.45) is 5.84. The van der Waals surface area contributed by atoms with E-state index in [0.717, 1.165) is 49.7 Å². The summed E-state index contributed by atoms with van der Waals surface area (Å²) in [5, 5.41) is 9.99. The Labute approximate surface area is 168 Å². The maximum absolute atomic E-state index is 12.7. The topological polar surface area (TPSA) is 78.0 Å². The van der Waals surface area contributed by atoms with Crippen molar-refractivity contribution in [1.29, 1.82) is 5.26 Å². The molecule has 3 aromatic rings. The third-order valence-electron chi connectivity index (χ3n) is 5.81. The van der Waals surface area contributed by atoms with E-state index in [9.17, 15) is 10.1 Å². The van der Waals surface area contributed by atoms with Crippen LogP contribution in [0.4, 0.5) is 11.5 Å². The van der Waals surface area contributed by atoms with E-state index in [1.165, 1.54) is 12.8 Å². The number of nitrogens with zero attached hydrogens (tertiary/aromatic N) is 6. The average Bonchev–Trinajstić information content (AvgIpc) is 3.60. The lowest BCUT2D eigenvalue weighted by molar-refractivity contribution is 0.602. The molecule has 2 aliphatic rings. The Bertz CT molecular complexity index is 1150.